The van der Waals surface area contributed by atoms with Gasteiger partial charge in [0.15, 0.2) is 5.96 Å². The second kappa shape index (κ2) is 8.80. The summed E-state index contributed by atoms with van der Waals surface area (Å²) in [4.78, 5) is 4.36. The Balaban J connectivity index is 1.50. The average molecular weight is 367 g/mol. The van der Waals surface area contributed by atoms with E-state index in [0.29, 0.717) is 0 Å². The largest absolute Gasteiger partial charge is 0.497 e. The molecular formula is C22H29N3O2. The van der Waals surface area contributed by atoms with E-state index in [0.717, 1.165) is 37.0 Å². The second-order valence-corrected chi connectivity index (χ2v) is 6.93. The quantitative estimate of drug-likeness (QED) is 0.556. The van der Waals surface area contributed by atoms with Crippen molar-refractivity contribution in [2.24, 2.45) is 4.99 Å². The van der Waals surface area contributed by atoms with Crippen molar-refractivity contribution in [1.82, 2.24) is 10.6 Å². The number of hydrogen-bond acceptors (Lipinski definition) is 3. The fraction of sp³-hybridized carbons (Fsp3) is 0.409. The van der Waals surface area contributed by atoms with Crippen LogP contribution in [-0.2, 0) is 11.8 Å². The molecule has 0 amide bonds. The van der Waals surface area contributed by atoms with Crippen molar-refractivity contribution >= 4 is 5.96 Å². The molecule has 0 saturated heterocycles. The number of aliphatic imine (C=N–C) groups is 1. The Morgan fingerprint density at radius 1 is 1.00 bits per heavy atom. The molecule has 1 aliphatic carbocycles. The van der Waals surface area contributed by atoms with Crippen LogP contribution in [0.4, 0.5) is 0 Å². The summed E-state index contributed by atoms with van der Waals surface area (Å²) in [5, 5.41) is 6.89. The molecule has 0 aliphatic heterocycles. The first-order valence-electron chi connectivity index (χ1n) is 9.42. The van der Waals surface area contributed by atoms with E-state index in [-0.39, 0.29) is 5.41 Å². The minimum atomic E-state index is 0.153. The van der Waals surface area contributed by atoms with E-state index in [1.807, 2.05) is 31.3 Å². The van der Waals surface area contributed by atoms with Gasteiger partial charge in [0.05, 0.1) is 14.2 Å². The molecule has 0 aromatic heterocycles. The zero-order valence-electron chi connectivity index (χ0n) is 16.4. The molecule has 0 atom stereocenters. The fourth-order valence-electron chi connectivity index (χ4n) is 3.37. The van der Waals surface area contributed by atoms with Gasteiger partial charge in [-0.1, -0.05) is 30.3 Å². The summed E-state index contributed by atoms with van der Waals surface area (Å²) in [5.74, 6) is 2.69. The SMILES string of the molecule is CN=C(NCCc1ccc(OC)cc1)NCC1(c2ccccc2OC)CC1. The summed E-state index contributed by atoms with van der Waals surface area (Å²) in [6.45, 7) is 1.68. The number of nitrogens with one attached hydrogen (secondary N) is 2. The maximum Gasteiger partial charge on any atom is 0.191 e. The highest BCUT2D eigenvalue weighted by Gasteiger charge is 2.46. The fourth-order valence-corrected chi connectivity index (χ4v) is 3.37. The van der Waals surface area contributed by atoms with E-state index in [1.54, 1.807) is 14.2 Å². The number of guanidine groups is 1. The van der Waals surface area contributed by atoms with E-state index >= 15 is 0 Å². The van der Waals surface area contributed by atoms with Crippen LogP contribution in [0.3, 0.4) is 0 Å². The van der Waals surface area contributed by atoms with Crippen molar-refractivity contribution in [3.63, 3.8) is 0 Å². The normalized spacial score (nSPS) is 15.1. The summed E-state index contributed by atoms with van der Waals surface area (Å²) in [6, 6.07) is 16.5. The van der Waals surface area contributed by atoms with Gasteiger partial charge in [0.25, 0.3) is 0 Å². The van der Waals surface area contributed by atoms with Gasteiger partial charge in [-0.2, -0.15) is 0 Å². The van der Waals surface area contributed by atoms with Crippen molar-refractivity contribution in [3.05, 3.63) is 59.7 Å². The predicted molar refractivity (Wildman–Crippen MR) is 110 cm³/mol. The molecule has 0 heterocycles. The lowest BCUT2D eigenvalue weighted by Crippen LogP contribution is -2.42. The number of rotatable bonds is 8. The molecule has 3 rings (SSSR count). The first kappa shape index (κ1) is 19.1. The highest BCUT2D eigenvalue weighted by atomic mass is 16.5. The van der Waals surface area contributed by atoms with Crippen LogP contribution in [0.1, 0.15) is 24.0 Å². The van der Waals surface area contributed by atoms with Gasteiger partial charge < -0.3 is 20.1 Å². The third-order valence-corrected chi connectivity index (χ3v) is 5.21. The van der Waals surface area contributed by atoms with Gasteiger partial charge in [0.2, 0.25) is 0 Å². The standard InChI is InChI=1S/C22H29N3O2/c1-23-21(24-15-12-17-8-10-18(26-2)11-9-17)25-16-22(13-14-22)19-6-4-5-7-20(19)27-3/h4-11H,12-16H2,1-3H3,(H2,23,24,25). The molecule has 0 bridgehead atoms. The van der Waals surface area contributed by atoms with Crippen molar-refractivity contribution in [2.45, 2.75) is 24.7 Å². The molecule has 5 heteroatoms. The number of ether oxygens (including phenoxy) is 2. The van der Waals surface area contributed by atoms with Gasteiger partial charge in [-0.3, -0.25) is 4.99 Å². The molecule has 1 fully saturated rings. The minimum Gasteiger partial charge on any atom is -0.497 e. The first-order valence-corrected chi connectivity index (χ1v) is 9.42. The van der Waals surface area contributed by atoms with Crippen LogP contribution >= 0.6 is 0 Å². The monoisotopic (exact) mass is 367 g/mol. The molecule has 0 spiro atoms. The maximum absolute atomic E-state index is 5.55. The first-order chi connectivity index (χ1) is 13.2. The van der Waals surface area contributed by atoms with Crippen LogP contribution in [0, 0.1) is 0 Å². The number of para-hydroxylation sites is 1. The van der Waals surface area contributed by atoms with E-state index in [1.165, 1.54) is 24.0 Å². The van der Waals surface area contributed by atoms with Crippen LogP contribution in [0.25, 0.3) is 0 Å². The highest BCUT2D eigenvalue weighted by molar-refractivity contribution is 5.79. The van der Waals surface area contributed by atoms with Gasteiger partial charge in [-0.05, 0) is 43.0 Å². The van der Waals surface area contributed by atoms with Crippen LogP contribution in [0.2, 0.25) is 0 Å². The Morgan fingerprint density at radius 2 is 1.74 bits per heavy atom. The van der Waals surface area contributed by atoms with Gasteiger partial charge in [0.1, 0.15) is 11.5 Å². The number of hydrogen-bond donors (Lipinski definition) is 2. The average Bonchev–Trinajstić information content (AvgIpc) is 3.52. The van der Waals surface area contributed by atoms with Crippen LogP contribution in [0.5, 0.6) is 11.5 Å². The summed E-state index contributed by atoms with van der Waals surface area (Å²) < 4.78 is 10.8. The highest BCUT2D eigenvalue weighted by Crippen LogP contribution is 2.50. The topological polar surface area (TPSA) is 54.9 Å². The van der Waals surface area contributed by atoms with E-state index in [9.17, 15) is 0 Å². The smallest absolute Gasteiger partial charge is 0.191 e. The lowest BCUT2D eigenvalue weighted by Gasteiger charge is -2.21. The minimum absolute atomic E-state index is 0.153. The van der Waals surface area contributed by atoms with Crippen LogP contribution < -0.4 is 20.1 Å². The zero-order chi connectivity index (χ0) is 19.1. The molecule has 2 N–H and O–H groups in total. The summed E-state index contributed by atoms with van der Waals surface area (Å²) >= 11 is 0. The molecular weight excluding hydrogens is 338 g/mol. The Bertz CT molecular complexity index is 767. The van der Waals surface area contributed by atoms with Gasteiger partial charge in [-0.25, -0.2) is 0 Å². The van der Waals surface area contributed by atoms with E-state index < -0.39 is 0 Å². The number of benzene rings is 2. The molecule has 0 radical (unpaired) electrons. The Morgan fingerprint density at radius 3 is 2.37 bits per heavy atom. The third-order valence-electron chi connectivity index (χ3n) is 5.21. The van der Waals surface area contributed by atoms with Crippen molar-refractivity contribution in [3.8, 4) is 11.5 Å². The zero-order valence-corrected chi connectivity index (χ0v) is 16.4. The molecule has 144 valence electrons. The molecule has 2 aromatic carbocycles. The van der Waals surface area contributed by atoms with Gasteiger partial charge in [0, 0.05) is 31.1 Å². The lowest BCUT2D eigenvalue weighted by atomic mass is 9.95. The Labute approximate surface area is 161 Å². The van der Waals surface area contributed by atoms with E-state index in [2.05, 4.69) is 39.9 Å². The molecule has 1 aliphatic rings. The van der Waals surface area contributed by atoms with Crippen molar-refractivity contribution in [2.75, 3.05) is 34.4 Å². The van der Waals surface area contributed by atoms with Gasteiger partial charge in [-0.15, -0.1) is 0 Å². The molecule has 0 unspecified atom stereocenters. The molecule has 1 saturated carbocycles. The molecule has 2 aromatic rings. The Kier molecular flexibility index (Phi) is 6.22. The number of nitrogens with zero attached hydrogens (tertiary/aromatic N) is 1. The summed E-state index contributed by atoms with van der Waals surface area (Å²) in [5.41, 5.74) is 2.71. The van der Waals surface area contributed by atoms with E-state index in [4.69, 9.17) is 9.47 Å². The summed E-state index contributed by atoms with van der Waals surface area (Å²) in [7, 11) is 5.23. The third kappa shape index (κ3) is 4.73. The predicted octanol–water partition coefficient (Wildman–Crippen LogP) is 3.14. The summed E-state index contributed by atoms with van der Waals surface area (Å²) in [6.07, 6.45) is 3.27. The van der Waals surface area contributed by atoms with Crippen molar-refractivity contribution < 1.29 is 9.47 Å². The van der Waals surface area contributed by atoms with Crippen LogP contribution in [-0.4, -0.2) is 40.3 Å². The number of methoxy groups -OCH3 is 2. The lowest BCUT2D eigenvalue weighted by molar-refractivity contribution is 0.403. The van der Waals surface area contributed by atoms with Crippen LogP contribution in [0.15, 0.2) is 53.5 Å². The molecule has 5 nitrogen and oxygen atoms in total. The van der Waals surface area contributed by atoms with Crippen molar-refractivity contribution in [1.29, 1.82) is 0 Å². The van der Waals surface area contributed by atoms with Gasteiger partial charge >= 0.3 is 0 Å². The maximum atomic E-state index is 5.55. The Hall–Kier alpha value is -2.69. The molecule has 27 heavy (non-hydrogen) atoms. The second-order valence-electron chi connectivity index (χ2n) is 6.93.